The third kappa shape index (κ3) is 4.89. The van der Waals surface area contributed by atoms with Crippen molar-refractivity contribution in [3.05, 3.63) is 40.6 Å². The third-order valence-electron chi connectivity index (χ3n) is 6.62. The second-order valence-corrected chi connectivity index (χ2v) is 11.4. The molecule has 0 aliphatic carbocycles. The molecule has 1 amide bonds. The number of rotatable bonds is 5. The molecule has 0 saturated carbocycles. The van der Waals surface area contributed by atoms with Crippen molar-refractivity contribution in [1.29, 1.82) is 0 Å². The summed E-state index contributed by atoms with van der Waals surface area (Å²) in [6, 6.07) is 6.90. The van der Waals surface area contributed by atoms with Gasteiger partial charge in [-0.15, -0.1) is 0 Å². The molecule has 178 valence electrons. The van der Waals surface area contributed by atoms with Crippen molar-refractivity contribution in [1.82, 2.24) is 14.1 Å². The Bertz CT molecular complexity index is 1070. The van der Waals surface area contributed by atoms with E-state index in [9.17, 15) is 13.2 Å². The van der Waals surface area contributed by atoms with Crippen LogP contribution in [0.2, 0.25) is 0 Å². The average molecular weight is 492 g/mol. The van der Waals surface area contributed by atoms with Gasteiger partial charge in [0, 0.05) is 57.8 Å². The molecule has 2 saturated heterocycles. The normalized spacial score (nSPS) is 20.7. The highest BCUT2D eigenvalue weighted by Gasteiger charge is 2.35. The van der Waals surface area contributed by atoms with Gasteiger partial charge >= 0.3 is 0 Å². The number of ether oxygens (including phenoxy) is 2. The van der Waals surface area contributed by atoms with Crippen molar-refractivity contribution < 1.29 is 22.7 Å². The summed E-state index contributed by atoms with van der Waals surface area (Å²) in [6.45, 7) is 5.73. The molecular weight excluding hydrogens is 462 g/mol. The molecule has 4 heterocycles. The number of amides is 1. The molecule has 3 aliphatic heterocycles. The first-order valence-corrected chi connectivity index (χ1v) is 13.8. The van der Waals surface area contributed by atoms with Crippen LogP contribution in [0, 0.1) is 5.92 Å². The van der Waals surface area contributed by atoms with Crippen LogP contribution in [0.1, 0.15) is 18.4 Å². The first-order chi connectivity index (χ1) is 16.0. The van der Waals surface area contributed by atoms with Crippen LogP contribution in [-0.4, -0.2) is 80.9 Å². The molecule has 0 N–H and O–H groups in total. The molecule has 10 heteroatoms. The molecule has 0 unspecified atom stereocenters. The summed E-state index contributed by atoms with van der Waals surface area (Å²) < 4.78 is 38.8. The fourth-order valence-corrected chi connectivity index (χ4v) is 6.85. The second-order valence-electron chi connectivity index (χ2n) is 8.72. The van der Waals surface area contributed by atoms with Gasteiger partial charge in [0.05, 0.1) is 4.90 Å². The molecule has 33 heavy (non-hydrogen) atoms. The van der Waals surface area contributed by atoms with E-state index in [1.54, 1.807) is 23.5 Å². The van der Waals surface area contributed by atoms with Gasteiger partial charge in [-0.2, -0.15) is 15.6 Å². The van der Waals surface area contributed by atoms with Gasteiger partial charge in [-0.1, -0.05) is 0 Å². The van der Waals surface area contributed by atoms with Gasteiger partial charge in [0.1, 0.15) is 13.2 Å². The fourth-order valence-electron chi connectivity index (χ4n) is 4.70. The molecule has 5 rings (SSSR count). The van der Waals surface area contributed by atoms with E-state index in [-0.39, 0.29) is 16.7 Å². The second kappa shape index (κ2) is 9.61. The van der Waals surface area contributed by atoms with Crippen LogP contribution < -0.4 is 9.47 Å². The van der Waals surface area contributed by atoms with Crippen LogP contribution in [-0.2, 0) is 21.4 Å². The Balaban J connectivity index is 1.14. The first kappa shape index (κ1) is 22.6. The number of sulfonamides is 1. The smallest absolute Gasteiger partial charge is 0.243 e. The minimum Gasteiger partial charge on any atom is -0.486 e. The lowest BCUT2D eigenvalue weighted by Gasteiger charge is -2.38. The number of piperazine rings is 1. The molecule has 0 radical (unpaired) electrons. The van der Waals surface area contributed by atoms with E-state index in [0.29, 0.717) is 50.6 Å². The lowest BCUT2D eigenvalue weighted by atomic mass is 9.96. The molecule has 2 fully saturated rings. The molecule has 0 bridgehead atoms. The molecule has 0 atom stereocenters. The summed E-state index contributed by atoms with van der Waals surface area (Å²) in [7, 11) is -3.63. The van der Waals surface area contributed by atoms with E-state index < -0.39 is 10.0 Å². The van der Waals surface area contributed by atoms with Crippen LogP contribution in [0.4, 0.5) is 0 Å². The Labute approximate surface area is 198 Å². The molecule has 1 aromatic carbocycles. The Kier molecular flexibility index (Phi) is 6.60. The van der Waals surface area contributed by atoms with Gasteiger partial charge in [-0.05, 0) is 47.4 Å². The zero-order valence-corrected chi connectivity index (χ0v) is 20.2. The Hall–Kier alpha value is -2.14. The minimum absolute atomic E-state index is 0.111. The number of thiophene rings is 1. The topological polar surface area (TPSA) is 79.4 Å². The quantitative estimate of drug-likeness (QED) is 0.639. The number of benzene rings is 1. The maximum Gasteiger partial charge on any atom is 0.243 e. The van der Waals surface area contributed by atoms with Crippen molar-refractivity contribution in [2.45, 2.75) is 24.3 Å². The number of fused-ring (bicyclic) bond motifs is 1. The van der Waals surface area contributed by atoms with Crippen LogP contribution in [0.15, 0.2) is 39.9 Å². The van der Waals surface area contributed by atoms with Crippen molar-refractivity contribution in [3.8, 4) is 11.5 Å². The molecule has 8 nitrogen and oxygen atoms in total. The summed E-state index contributed by atoms with van der Waals surface area (Å²) in [5, 5.41) is 4.26. The highest BCUT2D eigenvalue weighted by molar-refractivity contribution is 7.89. The van der Waals surface area contributed by atoms with Gasteiger partial charge in [-0.25, -0.2) is 8.42 Å². The number of hydrogen-bond donors (Lipinski definition) is 0. The Morgan fingerprint density at radius 3 is 2.39 bits per heavy atom. The molecule has 0 spiro atoms. The number of hydrogen-bond acceptors (Lipinski definition) is 7. The van der Waals surface area contributed by atoms with E-state index in [1.807, 2.05) is 4.90 Å². The predicted octanol–water partition coefficient (Wildman–Crippen LogP) is 2.26. The SMILES string of the molecule is O=C(C1CCN(S(=O)(=O)c2ccc3c(c2)OCCO3)CC1)N1CCN(Cc2ccsc2)CC1. The average Bonchev–Trinajstić information content (AvgIpc) is 3.37. The summed E-state index contributed by atoms with van der Waals surface area (Å²) in [5.41, 5.74) is 1.33. The predicted molar refractivity (Wildman–Crippen MR) is 125 cm³/mol. The zero-order valence-electron chi connectivity index (χ0n) is 18.5. The van der Waals surface area contributed by atoms with E-state index in [2.05, 4.69) is 21.7 Å². The van der Waals surface area contributed by atoms with E-state index in [0.717, 1.165) is 32.7 Å². The highest BCUT2D eigenvalue weighted by atomic mass is 32.2. The summed E-state index contributed by atoms with van der Waals surface area (Å²) in [5.74, 6) is 1.09. The Morgan fingerprint density at radius 1 is 0.970 bits per heavy atom. The maximum absolute atomic E-state index is 13.1. The van der Waals surface area contributed by atoms with Crippen molar-refractivity contribution in [3.63, 3.8) is 0 Å². The van der Waals surface area contributed by atoms with Crippen LogP contribution in [0.5, 0.6) is 11.5 Å². The van der Waals surface area contributed by atoms with Crippen molar-refractivity contribution in [2.75, 3.05) is 52.5 Å². The largest absolute Gasteiger partial charge is 0.486 e. The lowest BCUT2D eigenvalue weighted by Crippen LogP contribution is -2.51. The van der Waals surface area contributed by atoms with E-state index in [1.165, 1.54) is 15.9 Å². The van der Waals surface area contributed by atoms with Gasteiger partial charge in [0.25, 0.3) is 0 Å². The minimum atomic E-state index is -3.63. The first-order valence-electron chi connectivity index (χ1n) is 11.4. The standard InChI is InChI=1S/C23H29N3O5S2/c27-23(25-10-8-24(9-11-25)16-18-5-14-32-17-18)19-3-6-26(7-4-19)33(28,29)20-1-2-21-22(15-20)31-13-12-30-21/h1-2,5,14-15,17,19H,3-4,6-13,16H2. The van der Waals surface area contributed by atoms with Crippen LogP contribution in [0.25, 0.3) is 0 Å². The van der Waals surface area contributed by atoms with Gasteiger partial charge in [0.2, 0.25) is 15.9 Å². The summed E-state index contributed by atoms with van der Waals surface area (Å²) >= 11 is 1.71. The molecule has 3 aliphatic rings. The monoisotopic (exact) mass is 491 g/mol. The fraction of sp³-hybridized carbons (Fsp3) is 0.522. The summed E-state index contributed by atoms with van der Waals surface area (Å²) in [4.78, 5) is 17.6. The van der Waals surface area contributed by atoms with Crippen molar-refractivity contribution >= 4 is 27.3 Å². The number of piperidine rings is 1. The Morgan fingerprint density at radius 2 is 1.70 bits per heavy atom. The van der Waals surface area contributed by atoms with Gasteiger partial charge in [0.15, 0.2) is 11.5 Å². The lowest BCUT2D eigenvalue weighted by molar-refractivity contribution is -0.138. The molecule has 1 aromatic heterocycles. The zero-order chi connectivity index (χ0) is 22.8. The summed E-state index contributed by atoms with van der Waals surface area (Å²) in [6.07, 6.45) is 1.11. The number of carbonyl (C=O) groups excluding carboxylic acids is 1. The molecular formula is C23H29N3O5S2. The van der Waals surface area contributed by atoms with Crippen molar-refractivity contribution in [2.24, 2.45) is 5.92 Å². The maximum atomic E-state index is 13.1. The van der Waals surface area contributed by atoms with Crippen LogP contribution in [0.3, 0.4) is 0 Å². The third-order valence-corrected chi connectivity index (χ3v) is 9.25. The molecule has 2 aromatic rings. The van der Waals surface area contributed by atoms with Crippen LogP contribution >= 0.6 is 11.3 Å². The van der Waals surface area contributed by atoms with E-state index >= 15 is 0 Å². The number of nitrogens with zero attached hydrogens (tertiary/aromatic N) is 3. The highest BCUT2D eigenvalue weighted by Crippen LogP contribution is 2.34. The van der Waals surface area contributed by atoms with Gasteiger partial charge < -0.3 is 14.4 Å². The van der Waals surface area contributed by atoms with E-state index in [4.69, 9.17) is 9.47 Å². The number of carbonyl (C=O) groups is 1. The van der Waals surface area contributed by atoms with Gasteiger partial charge in [-0.3, -0.25) is 9.69 Å².